The van der Waals surface area contributed by atoms with Gasteiger partial charge in [0.15, 0.2) is 5.65 Å². The Morgan fingerprint density at radius 3 is 2.32 bits per heavy atom. The van der Waals surface area contributed by atoms with E-state index >= 15 is 0 Å². The summed E-state index contributed by atoms with van der Waals surface area (Å²) in [4.78, 5) is 18.9. The Labute approximate surface area is 222 Å². The zero-order valence-corrected chi connectivity index (χ0v) is 22.2. The van der Waals surface area contributed by atoms with Gasteiger partial charge in [0.2, 0.25) is 0 Å². The van der Waals surface area contributed by atoms with Gasteiger partial charge in [-0.25, -0.2) is 4.98 Å². The number of likely N-dealkylation sites (tertiary alicyclic amines) is 1. The van der Waals surface area contributed by atoms with E-state index < -0.39 is 0 Å². The Bertz CT molecular complexity index is 1410. The molecule has 2 atom stereocenters. The standard InChI is InChI=1S/C24H22ClN5O.C5H11N/c1-31-24-28-22-18(23(29-24)30-12-15-8-9-16(13-30)26-15)10-11-20(27-22)17-6-2-4-14-5-3-7-19(25)21(14)17;1-6-4-2-3-5-6/h2-7,10-11,15-16,26H,8-9,12-13H2,1H3;2-5H2,1H3/t15-,16+;. The number of rotatable bonds is 3. The van der Waals surface area contributed by atoms with Crippen LogP contribution in [0.5, 0.6) is 6.01 Å². The molecular weight excluding hydrogens is 484 g/mol. The number of piperazine rings is 1. The number of nitrogens with zero attached hydrogens (tertiary/aromatic N) is 5. The molecule has 7 nitrogen and oxygen atoms in total. The largest absolute Gasteiger partial charge is 0.467 e. The number of aromatic nitrogens is 3. The van der Waals surface area contributed by atoms with Crippen molar-refractivity contribution < 1.29 is 4.74 Å². The lowest BCUT2D eigenvalue weighted by atomic mass is 10.0. The first-order valence-corrected chi connectivity index (χ1v) is 13.6. The highest BCUT2D eigenvalue weighted by molar-refractivity contribution is 6.36. The van der Waals surface area contributed by atoms with Gasteiger partial charge in [0, 0.05) is 41.1 Å². The van der Waals surface area contributed by atoms with E-state index in [-0.39, 0.29) is 0 Å². The quantitative estimate of drug-likeness (QED) is 0.403. The number of pyridine rings is 1. The van der Waals surface area contributed by atoms with E-state index in [4.69, 9.17) is 26.3 Å². The highest BCUT2D eigenvalue weighted by Crippen LogP contribution is 2.35. The van der Waals surface area contributed by atoms with Crippen molar-refractivity contribution in [3.63, 3.8) is 0 Å². The van der Waals surface area contributed by atoms with Crippen molar-refractivity contribution in [2.75, 3.05) is 45.2 Å². The number of anilines is 1. The predicted molar refractivity (Wildman–Crippen MR) is 151 cm³/mol. The van der Waals surface area contributed by atoms with Gasteiger partial charge >= 0.3 is 6.01 Å². The zero-order chi connectivity index (χ0) is 25.4. The molecule has 0 unspecified atom stereocenters. The second-order valence-electron chi connectivity index (χ2n) is 10.3. The van der Waals surface area contributed by atoms with Crippen LogP contribution in [0.2, 0.25) is 5.02 Å². The van der Waals surface area contributed by atoms with E-state index in [9.17, 15) is 0 Å². The molecule has 192 valence electrons. The molecule has 0 spiro atoms. The lowest BCUT2D eigenvalue weighted by Crippen LogP contribution is -2.51. The molecule has 0 radical (unpaired) electrons. The number of ether oxygens (including phenoxy) is 1. The van der Waals surface area contributed by atoms with Crippen LogP contribution in [0.4, 0.5) is 5.82 Å². The van der Waals surface area contributed by atoms with Crippen LogP contribution in [-0.2, 0) is 0 Å². The van der Waals surface area contributed by atoms with Crippen molar-refractivity contribution in [3.05, 3.63) is 53.6 Å². The topological polar surface area (TPSA) is 66.4 Å². The minimum atomic E-state index is 0.342. The maximum Gasteiger partial charge on any atom is 0.320 e. The summed E-state index contributed by atoms with van der Waals surface area (Å²) >= 11 is 6.55. The Kier molecular flexibility index (Phi) is 6.84. The molecule has 7 rings (SSSR count). The smallest absolute Gasteiger partial charge is 0.320 e. The second-order valence-corrected chi connectivity index (χ2v) is 10.7. The number of hydrogen-bond donors (Lipinski definition) is 1. The maximum absolute atomic E-state index is 6.55. The van der Waals surface area contributed by atoms with Gasteiger partial charge in [-0.3, -0.25) is 0 Å². The van der Waals surface area contributed by atoms with Gasteiger partial charge < -0.3 is 19.9 Å². The van der Waals surface area contributed by atoms with Crippen molar-refractivity contribution in [1.29, 1.82) is 0 Å². The summed E-state index contributed by atoms with van der Waals surface area (Å²) in [6.45, 7) is 4.51. The molecule has 37 heavy (non-hydrogen) atoms. The highest BCUT2D eigenvalue weighted by Gasteiger charge is 2.33. The van der Waals surface area contributed by atoms with Crippen LogP contribution in [0.25, 0.3) is 33.1 Å². The number of benzene rings is 2. The normalized spacial score (nSPS) is 21.3. The van der Waals surface area contributed by atoms with Crippen LogP contribution in [0.15, 0.2) is 48.5 Å². The minimum Gasteiger partial charge on any atom is -0.467 e. The van der Waals surface area contributed by atoms with Crippen LogP contribution in [-0.4, -0.2) is 72.3 Å². The van der Waals surface area contributed by atoms with E-state index in [1.54, 1.807) is 7.11 Å². The lowest BCUT2D eigenvalue weighted by molar-refractivity contribution is 0.380. The van der Waals surface area contributed by atoms with Gasteiger partial charge in [-0.15, -0.1) is 0 Å². The SMILES string of the molecule is CN1CCCC1.COc1nc(N2C[C@H]3CC[C@@H](C2)N3)c2ccc(-c3cccc4cccc(Cl)c34)nc2n1. The number of methoxy groups -OCH3 is 1. The number of fused-ring (bicyclic) bond motifs is 4. The average molecular weight is 517 g/mol. The maximum atomic E-state index is 6.55. The molecule has 3 aliphatic heterocycles. The van der Waals surface area contributed by atoms with Crippen molar-refractivity contribution in [2.45, 2.75) is 37.8 Å². The average Bonchev–Trinajstić information content (AvgIpc) is 3.54. The first-order valence-electron chi connectivity index (χ1n) is 13.2. The summed E-state index contributed by atoms with van der Waals surface area (Å²) < 4.78 is 5.43. The Hall–Kier alpha value is -3.00. The molecule has 4 aromatic rings. The third kappa shape index (κ3) is 4.96. The molecular formula is C29H33ClN6O. The van der Waals surface area contributed by atoms with E-state index in [1.807, 2.05) is 24.3 Å². The molecule has 0 amide bonds. The Balaban J connectivity index is 0.000000372. The number of nitrogens with one attached hydrogen (secondary N) is 1. The molecule has 0 aliphatic carbocycles. The van der Waals surface area contributed by atoms with Crippen LogP contribution in [0.3, 0.4) is 0 Å². The van der Waals surface area contributed by atoms with Gasteiger partial charge in [0.1, 0.15) is 5.82 Å². The van der Waals surface area contributed by atoms with Gasteiger partial charge in [0.05, 0.1) is 18.2 Å². The van der Waals surface area contributed by atoms with Crippen LogP contribution in [0, 0.1) is 0 Å². The zero-order valence-electron chi connectivity index (χ0n) is 21.5. The van der Waals surface area contributed by atoms with Crippen molar-refractivity contribution in [1.82, 2.24) is 25.2 Å². The summed E-state index contributed by atoms with van der Waals surface area (Å²) in [7, 11) is 3.77. The third-order valence-electron chi connectivity index (χ3n) is 7.68. The fourth-order valence-electron chi connectivity index (χ4n) is 5.81. The molecule has 2 aromatic heterocycles. The number of halogens is 1. The second kappa shape index (κ2) is 10.4. The highest BCUT2D eigenvalue weighted by atomic mass is 35.5. The van der Waals surface area contributed by atoms with E-state index in [2.05, 4.69) is 51.4 Å². The fraction of sp³-hybridized carbons (Fsp3) is 0.414. The molecule has 8 heteroatoms. The number of hydrogen-bond acceptors (Lipinski definition) is 7. The van der Waals surface area contributed by atoms with Gasteiger partial charge in [-0.1, -0.05) is 41.9 Å². The molecule has 3 fully saturated rings. The monoisotopic (exact) mass is 516 g/mol. The molecule has 3 aliphatic rings. The summed E-state index contributed by atoms with van der Waals surface area (Å²) in [6, 6.07) is 17.6. The van der Waals surface area contributed by atoms with Gasteiger partial charge in [0.25, 0.3) is 0 Å². The Morgan fingerprint density at radius 2 is 1.65 bits per heavy atom. The molecule has 3 saturated heterocycles. The van der Waals surface area contributed by atoms with E-state index in [1.165, 1.54) is 38.8 Å². The van der Waals surface area contributed by atoms with Crippen molar-refractivity contribution >= 4 is 39.2 Å². The molecule has 5 heterocycles. The fourth-order valence-corrected chi connectivity index (χ4v) is 6.09. The molecule has 2 bridgehead atoms. The molecule has 1 N–H and O–H groups in total. The van der Waals surface area contributed by atoms with Gasteiger partial charge in [-0.05, 0) is 69.4 Å². The third-order valence-corrected chi connectivity index (χ3v) is 7.99. The summed E-state index contributed by atoms with van der Waals surface area (Å²) in [5.74, 6) is 0.898. The van der Waals surface area contributed by atoms with Crippen molar-refractivity contribution in [3.8, 4) is 17.3 Å². The summed E-state index contributed by atoms with van der Waals surface area (Å²) in [5, 5.41) is 7.42. The predicted octanol–water partition coefficient (Wildman–Crippen LogP) is 5.16. The molecule has 0 saturated carbocycles. The Morgan fingerprint density at radius 1 is 0.919 bits per heavy atom. The van der Waals surface area contributed by atoms with Crippen LogP contribution >= 0.6 is 11.6 Å². The summed E-state index contributed by atoms with van der Waals surface area (Å²) in [6.07, 6.45) is 5.25. The van der Waals surface area contributed by atoms with E-state index in [0.717, 1.165) is 46.3 Å². The minimum absolute atomic E-state index is 0.342. The van der Waals surface area contributed by atoms with Crippen LogP contribution in [0.1, 0.15) is 25.7 Å². The lowest BCUT2D eigenvalue weighted by Gasteiger charge is -2.34. The molecule has 2 aromatic carbocycles. The van der Waals surface area contributed by atoms with Crippen LogP contribution < -0.4 is 15.0 Å². The van der Waals surface area contributed by atoms with Gasteiger partial charge in [-0.2, -0.15) is 9.97 Å². The summed E-state index contributed by atoms with van der Waals surface area (Å²) in [5.41, 5.74) is 2.46. The van der Waals surface area contributed by atoms with E-state index in [0.29, 0.717) is 28.8 Å². The first-order chi connectivity index (χ1) is 18.1. The first kappa shape index (κ1) is 24.3. The van der Waals surface area contributed by atoms with Crippen molar-refractivity contribution in [2.24, 2.45) is 0 Å².